The number of carbonyl (C=O) groups is 2. The van der Waals surface area contributed by atoms with Gasteiger partial charge in [-0.3, -0.25) is 4.79 Å². The molecule has 0 aliphatic carbocycles. The highest BCUT2D eigenvalue weighted by Crippen LogP contribution is 2.30. The molecule has 3 aromatic carbocycles. The van der Waals surface area contributed by atoms with Gasteiger partial charge in [-0.15, -0.1) is 0 Å². The zero-order chi connectivity index (χ0) is 24.0. The maximum Gasteiger partial charge on any atom is 0.345 e. The SMILES string of the molecule is CCOc1cc(/C=N\NC(=O)c2ccc(Cl)cc2Cl)ccc1OC(=O)c1ccc(Cl)cc1Cl. The third-order valence-corrected chi connectivity index (χ3v) is 5.27. The van der Waals surface area contributed by atoms with E-state index in [4.69, 9.17) is 55.9 Å². The summed E-state index contributed by atoms with van der Waals surface area (Å²) in [6, 6.07) is 13.8. The number of hydrogen-bond acceptors (Lipinski definition) is 5. The van der Waals surface area contributed by atoms with Crippen LogP contribution < -0.4 is 14.9 Å². The van der Waals surface area contributed by atoms with Crippen LogP contribution in [0, 0.1) is 0 Å². The maximum absolute atomic E-state index is 12.5. The topological polar surface area (TPSA) is 77.0 Å². The lowest BCUT2D eigenvalue weighted by molar-refractivity contribution is 0.0728. The molecular formula is C23H16Cl4N2O4. The van der Waals surface area contributed by atoms with Crippen LogP contribution in [0.4, 0.5) is 0 Å². The minimum Gasteiger partial charge on any atom is -0.490 e. The molecule has 0 atom stereocenters. The van der Waals surface area contributed by atoms with Gasteiger partial charge in [0.1, 0.15) is 0 Å². The summed E-state index contributed by atoms with van der Waals surface area (Å²) < 4.78 is 11.0. The van der Waals surface area contributed by atoms with Crippen LogP contribution in [0.15, 0.2) is 59.7 Å². The fourth-order valence-electron chi connectivity index (χ4n) is 2.67. The molecule has 0 radical (unpaired) electrons. The molecule has 10 heteroatoms. The molecule has 170 valence electrons. The smallest absolute Gasteiger partial charge is 0.345 e. The van der Waals surface area contributed by atoms with Gasteiger partial charge in [0.15, 0.2) is 11.5 Å². The van der Waals surface area contributed by atoms with Crippen molar-refractivity contribution in [3.05, 3.63) is 91.4 Å². The van der Waals surface area contributed by atoms with Crippen LogP contribution in [-0.4, -0.2) is 24.7 Å². The van der Waals surface area contributed by atoms with Gasteiger partial charge in [-0.25, -0.2) is 10.2 Å². The molecule has 0 aliphatic rings. The summed E-state index contributed by atoms with van der Waals surface area (Å²) >= 11 is 23.8. The number of carbonyl (C=O) groups excluding carboxylic acids is 2. The van der Waals surface area contributed by atoms with Gasteiger partial charge in [-0.05, 0) is 67.1 Å². The fraction of sp³-hybridized carbons (Fsp3) is 0.0870. The van der Waals surface area contributed by atoms with Crippen LogP contribution in [0.3, 0.4) is 0 Å². The number of ether oxygens (including phenoxy) is 2. The molecule has 0 aliphatic heterocycles. The van der Waals surface area contributed by atoms with Crippen LogP contribution in [0.25, 0.3) is 0 Å². The van der Waals surface area contributed by atoms with Crippen molar-refractivity contribution in [2.24, 2.45) is 5.10 Å². The second-order valence-corrected chi connectivity index (χ2v) is 8.16. The number of benzene rings is 3. The molecule has 0 saturated carbocycles. The summed E-state index contributed by atoms with van der Waals surface area (Å²) in [4.78, 5) is 24.8. The Hall–Kier alpha value is -2.77. The van der Waals surface area contributed by atoms with Crippen molar-refractivity contribution in [3.8, 4) is 11.5 Å². The highest BCUT2D eigenvalue weighted by atomic mass is 35.5. The molecule has 6 nitrogen and oxygen atoms in total. The first-order valence-electron chi connectivity index (χ1n) is 9.51. The second-order valence-electron chi connectivity index (χ2n) is 6.48. The lowest BCUT2D eigenvalue weighted by atomic mass is 10.2. The quantitative estimate of drug-likeness (QED) is 0.161. The molecule has 0 heterocycles. The van der Waals surface area contributed by atoms with Gasteiger partial charge >= 0.3 is 5.97 Å². The first kappa shape index (κ1) is 24.9. The molecule has 0 saturated heterocycles. The molecule has 0 unspecified atom stereocenters. The minimum absolute atomic E-state index is 0.165. The monoisotopic (exact) mass is 524 g/mol. The molecule has 0 spiro atoms. The Morgan fingerprint density at radius 3 is 2.12 bits per heavy atom. The number of esters is 1. The molecule has 1 amide bonds. The van der Waals surface area contributed by atoms with E-state index >= 15 is 0 Å². The number of amides is 1. The summed E-state index contributed by atoms with van der Waals surface area (Å²) in [7, 11) is 0. The molecule has 33 heavy (non-hydrogen) atoms. The maximum atomic E-state index is 12.5. The lowest BCUT2D eigenvalue weighted by Gasteiger charge is -2.12. The van der Waals surface area contributed by atoms with E-state index in [0.29, 0.717) is 28.0 Å². The van der Waals surface area contributed by atoms with Gasteiger partial charge in [0.25, 0.3) is 5.91 Å². The summed E-state index contributed by atoms with van der Waals surface area (Å²) in [5.41, 5.74) is 3.38. The number of nitrogens with zero attached hydrogens (tertiary/aromatic N) is 1. The molecule has 0 bridgehead atoms. The Morgan fingerprint density at radius 2 is 1.52 bits per heavy atom. The Kier molecular flexibility index (Phi) is 8.58. The van der Waals surface area contributed by atoms with E-state index in [-0.39, 0.29) is 26.9 Å². The highest BCUT2D eigenvalue weighted by Gasteiger charge is 2.16. The zero-order valence-corrected chi connectivity index (χ0v) is 20.1. The van der Waals surface area contributed by atoms with E-state index in [2.05, 4.69) is 10.5 Å². The van der Waals surface area contributed by atoms with Crippen molar-refractivity contribution in [1.29, 1.82) is 0 Å². The van der Waals surface area contributed by atoms with E-state index in [0.717, 1.165) is 0 Å². The van der Waals surface area contributed by atoms with Gasteiger partial charge in [-0.1, -0.05) is 46.4 Å². The summed E-state index contributed by atoms with van der Waals surface area (Å²) in [5, 5.41) is 5.13. The summed E-state index contributed by atoms with van der Waals surface area (Å²) in [6.45, 7) is 2.12. The van der Waals surface area contributed by atoms with E-state index in [1.54, 1.807) is 37.3 Å². The fourth-order valence-corrected chi connectivity index (χ4v) is 3.65. The Bertz CT molecular complexity index is 1230. The molecule has 3 aromatic rings. The highest BCUT2D eigenvalue weighted by molar-refractivity contribution is 6.37. The third kappa shape index (κ3) is 6.62. The first-order valence-corrected chi connectivity index (χ1v) is 11.0. The van der Waals surface area contributed by atoms with Crippen LogP contribution in [-0.2, 0) is 0 Å². The lowest BCUT2D eigenvalue weighted by Crippen LogP contribution is -2.18. The standard InChI is InChI=1S/C23H16Cl4N2O4/c1-2-32-21-9-13(12-28-29-22(30)16-6-4-14(24)10-18(16)26)3-8-20(21)33-23(31)17-7-5-15(25)11-19(17)27/h3-12H,2H2,1H3,(H,29,30)/b28-12-. The van der Waals surface area contributed by atoms with E-state index in [1.165, 1.54) is 30.5 Å². The zero-order valence-electron chi connectivity index (χ0n) is 17.1. The largest absolute Gasteiger partial charge is 0.490 e. The molecule has 3 rings (SSSR count). The van der Waals surface area contributed by atoms with Crippen LogP contribution in [0.2, 0.25) is 20.1 Å². The Balaban J connectivity index is 1.73. The van der Waals surface area contributed by atoms with Gasteiger partial charge in [0, 0.05) is 10.0 Å². The normalized spacial score (nSPS) is 10.8. The number of nitrogens with one attached hydrogen (secondary N) is 1. The van der Waals surface area contributed by atoms with Gasteiger partial charge in [0.05, 0.1) is 34.0 Å². The number of hydrazone groups is 1. The van der Waals surface area contributed by atoms with Gasteiger partial charge < -0.3 is 9.47 Å². The number of rotatable bonds is 7. The average Bonchev–Trinajstić information content (AvgIpc) is 2.75. The summed E-state index contributed by atoms with van der Waals surface area (Å²) in [6.07, 6.45) is 1.41. The molecule has 1 N–H and O–H groups in total. The first-order chi connectivity index (χ1) is 15.8. The molecular weight excluding hydrogens is 510 g/mol. The number of hydrogen-bond donors (Lipinski definition) is 1. The molecule has 0 fully saturated rings. The van der Waals surface area contributed by atoms with Crippen molar-refractivity contribution >= 4 is 64.5 Å². The van der Waals surface area contributed by atoms with Crippen molar-refractivity contribution < 1.29 is 19.1 Å². The Morgan fingerprint density at radius 1 is 0.879 bits per heavy atom. The summed E-state index contributed by atoms with van der Waals surface area (Å²) in [5.74, 6) is -0.650. The predicted octanol–water partition coefficient (Wildman–Crippen LogP) is 6.68. The third-order valence-electron chi connectivity index (χ3n) is 4.18. The Labute approximate surface area is 210 Å². The van der Waals surface area contributed by atoms with Gasteiger partial charge in [-0.2, -0.15) is 5.10 Å². The van der Waals surface area contributed by atoms with Crippen LogP contribution >= 0.6 is 46.4 Å². The predicted molar refractivity (Wildman–Crippen MR) is 131 cm³/mol. The van der Waals surface area contributed by atoms with Crippen molar-refractivity contribution in [2.45, 2.75) is 6.92 Å². The molecule has 0 aromatic heterocycles. The van der Waals surface area contributed by atoms with Crippen molar-refractivity contribution in [1.82, 2.24) is 5.43 Å². The van der Waals surface area contributed by atoms with Crippen molar-refractivity contribution in [2.75, 3.05) is 6.61 Å². The second kappa shape index (κ2) is 11.4. The number of halogens is 4. The van der Waals surface area contributed by atoms with E-state index < -0.39 is 11.9 Å². The average molecular weight is 526 g/mol. The van der Waals surface area contributed by atoms with Crippen LogP contribution in [0.1, 0.15) is 33.2 Å². The van der Waals surface area contributed by atoms with E-state index in [9.17, 15) is 9.59 Å². The van der Waals surface area contributed by atoms with E-state index in [1.807, 2.05) is 0 Å². The van der Waals surface area contributed by atoms with Gasteiger partial charge in [0.2, 0.25) is 0 Å². The van der Waals surface area contributed by atoms with Crippen molar-refractivity contribution in [3.63, 3.8) is 0 Å². The minimum atomic E-state index is -0.661. The van der Waals surface area contributed by atoms with Crippen LogP contribution in [0.5, 0.6) is 11.5 Å².